The van der Waals surface area contributed by atoms with E-state index in [9.17, 15) is 18.0 Å². The van der Waals surface area contributed by atoms with Crippen molar-refractivity contribution in [2.24, 2.45) is 0 Å². The number of nitrogens with zero attached hydrogens (tertiary/aromatic N) is 1. The zero-order valence-corrected chi connectivity index (χ0v) is 11.0. The molecular formula is C15H9F3N2O2. The highest BCUT2D eigenvalue weighted by Gasteiger charge is 2.29. The van der Waals surface area contributed by atoms with Gasteiger partial charge >= 0.3 is 17.8 Å². The van der Waals surface area contributed by atoms with Crippen LogP contribution >= 0.6 is 0 Å². The van der Waals surface area contributed by atoms with E-state index >= 15 is 0 Å². The van der Waals surface area contributed by atoms with Gasteiger partial charge in [0.15, 0.2) is 0 Å². The van der Waals surface area contributed by atoms with Crippen LogP contribution in [0.25, 0.3) is 10.9 Å². The van der Waals surface area contributed by atoms with E-state index < -0.39 is 17.4 Å². The van der Waals surface area contributed by atoms with E-state index in [4.69, 9.17) is 4.42 Å². The number of hydrogen-bond acceptors (Lipinski definition) is 4. The third-order valence-corrected chi connectivity index (χ3v) is 3.00. The first-order valence-electron chi connectivity index (χ1n) is 6.28. The lowest BCUT2D eigenvalue weighted by Crippen LogP contribution is -2.06. The van der Waals surface area contributed by atoms with Crippen LogP contribution in [-0.2, 0) is 6.18 Å². The third-order valence-electron chi connectivity index (χ3n) is 3.00. The summed E-state index contributed by atoms with van der Waals surface area (Å²) in [6.07, 6.45) is -4.40. The number of anilines is 2. The maximum absolute atomic E-state index is 12.5. The molecule has 0 aliphatic rings. The summed E-state index contributed by atoms with van der Waals surface area (Å²) in [7, 11) is 0. The second-order valence-corrected chi connectivity index (χ2v) is 4.52. The number of halogens is 3. The number of nitrogens with one attached hydrogen (secondary N) is 1. The zero-order chi connectivity index (χ0) is 15.7. The Bertz CT molecular complexity index is 870. The summed E-state index contributed by atoms with van der Waals surface area (Å²) in [5.41, 5.74) is -0.557. The molecule has 2 aromatic carbocycles. The van der Waals surface area contributed by atoms with Crippen LogP contribution in [-0.4, -0.2) is 4.98 Å². The molecule has 0 amide bonds. The van der Waals surface area contributed by atoms with Gasteiger partial charge in [0.25, 0.3) is 0 Å². The summed E-state index contributed by atoms with van der Waals surface area (Å²) >= 11 is 0. The Morgan fingerprint density at radius 2 is 1.68 bits per heavy atom. The number of aromatic nitrogens is 1. The number of hydrogen-bond donors (Lipinski definition) is 1. The smallest absolute Gasteiger partial charge is 0.388 e. The van der Waals surface area contributed by atoms with Gasteiger partial charge in [0.1, 0.15) is 0 Å². The molecule has 0 atom stereocenters. The first-order chi connectivity index (χ1) is 10.4. The maximum atomic E-state index is 12.5. The summed E-state index contributed by atoms with van der Waals surface area (Å²) in [6.45, 7) is 0. The molecule has 1 N–H and O–H groups in total. The summed E-state index contributed by atoms with van der Waals surface area (Å²) in [5, 5.41) is 3.00. The van der Waals surface area contributed by atoms with Gasteiger partial charge < -0.3 is 9.73 Å². The van der Waals surface area contributed by atoms with Crippen LogP contribution < -0.4 is 10.9 Å². The number of fused-ring (bicyclic) bond motifs is 1. The van der Waals surface area contributed by atoms with Crippen molar-refractivity contribution in [2.45, 2.75) is 6.18 Å². The largest absolute Gasteiger partial charge is 0.416 e. The van der Waals surface area contributed by atoms with E-state index in [1.165, 1.54) is 12.1 Å². The molecule has 0 spiro atoms. The molecule has 0 saturated carbocycles. The van der Waals surface area contributed by atoms with Crippen molar-refractivity contribution in [3.05, 3.63) is 64.5 Å². The average Bonchev–Trinajstić information content (AvgIpc) is 2.47. The fraction of sp³-hybridized carbons (Fsp3) is 0.0667. The van der Waals surface area contributed by atoms with E-state index in [-0.39, 0.29) is 6.01 Å². The van der Waals surface area contributed by atoms with Crippen molar-refractivity contribution < 1.29 is 17.6 Å². The van der Waals surface area contributed by atoms with Gasteiger partial charge in [0.05, 0.1) is 16.5 Å². The predicted molar refractivity (Wildman–Crippen MR) is 75.0 cm³/mol. The Kier molecular flexibility index (Phi) is 3.32. The van der Waals surface area contributed by atoms with E-state index in [1.54, 1.807) is 24.3 Å². The second-order valence-electron chi connectivity index (χ2n) is 4.52. The summed E-state index contributed by atoms with van der Waals surface area (Å²) in [5.74, 6) is 0. The highest BCUT2D eigenvalue weighted by molar-refractivity contribution is 5.77. The van der Waals surface area contributed by atoms with Crippen LogP contribution in [0.3, 0.4) is 0 Å². The van der Waals surface area contributed by atoms with E-state index in [2.05, 4.69) is 10.3 Å². The molecule has 3 rings (SSSR count). The average molecular weight is 306 g/mol. The van der Waals surface area contributed by atoms with Crippen LogP contribution in [0.2, 0.25) is 0 Å². The molecule has 112 valence electrons. The molecule has 1 aromatic heterocycles. The van der Waals surface area contributed by atoms with E-state index in [0.29, 0.717) is 16.6 Å². The molecule has 1 heterocycles. The molecule has 22 heavy (non-hydrogen) atoms. The first kappa shape index (κ1) is 14.1. The molecular weight excluding hydrogens is 297 g/mol. The molecule has 0 radical (unpaired) electrons. The van der Waals surface area contributed by atoms with Crippen molar-refractivity contribution in [1.82, 2.24) is 4.98 Å². The van der Waals surface area contributed by atoms with Crippen molar-refractivity contribution in [3.63, 3.8) is 0 Å². The number of para-hydroxylation sites is 1. The standard InChI is InChI=1S/C15H9F3N2O2/c16-15(17,18)9-5-7-10(8-6-9)19-14-20-12-4-2-1-3-11(12)13(21)22-14/h1-8H,(H,19,20). The Balaban J connectivity index is 1.92. The highest BCUT2D eigenvalue weighted by Crippen LogP contribution is 2.30. The van der Waals surface area contributed by atoms with Crippen LogP contribution in [0.1, 0.15) is 5.56 Å². The third kappa shape index (κ3) is 2.78. The van der Waals surface area contributed by atoms with Gasteiger partial charge in [-0.2, -0.15) is 18.2 Å². The van der Waals surface area contributed by atoms with Gasteiger partial charge in [-0.25, -0.2) is 4.79 Å². The van der Waals surface area contributed by atoms with Crippen LogP contribution in [0.4, 0.5) is 24.9 Å². The molecule has 0 unspecified atom stereocenters. The highest BCUT2D eigenvalue weighted by atomic mass is 19.4. The van der Waals surface area contributed by atoms with Gasteiger partial charge in [-0.05, 0) is 36.4 Å². The van der Waals surface area contributed by atoms with Gasteiger partial charge in [0, 0.05) is 5.69 Å². The Hall–Kier alpha value is -2.83. The normalized spacial score (nSPS) is 11.6. The lowest BCUT2D eigenvalue weighted by Gasteiger charge is -2.08. The lowest BCUT2D eigenvalue weighted by molar-refractivity contribution is -0.137. The van der Waals surface area contributed by atoms with Crippen molar-refractivity contribution >= 4 is 22.6 Å². The lowest BCUT2D eigenvalue weighted by atomic mass is 10.2. The summed E-state index contributed by atoms with van der Waals surface area (Å²) in [6, 6.07) is 10.9. The molecule has 7 heteroatoms. The first-order valence-corrected chi connectivity index (χ1v) is 6.28. The van der Waals surface area contributed by atoms with Crippen LogP contribution in [0.15, 0.2) is 57.7 Å². The SMILES string of the molecule is O=c1oc(Nc2ccc(C(F)(F)F)cc2)nc2ccccc12. The van der Waals surface area contributed by atoms with Crippen LogP contribution in [0, 0.1) is 0 Å². The molecule has 0 bridgehead atoms. The van der Waals surface area contributed by atoms with Gasteiger partial charge in [-0.15, -0.1) is 0 Å². The summed E-state index contributed by atoms with van der Waals surface area (Å²) < 4.78 is 42.4. The fourth-order valence-electron chi connectivity index (χ4n) is 1.94. The number of alkyl halides is 3. The Morgan fingerprint density at radius 1 is 1.00 bits per heavy atom. The maximum Gasteiger partial charge on any atom is 0.416 e. The minimum Gasteiger partial charge on any atom is -0.388 e. The van der Waals surface area contributed by atoms with Gasteiger partial charge in [-0.1, -0.05) is 12.1 Å². The molecule has 3 aromatic rings. The predicted octanol–water partition coefficient (Wildman–Crippen LogP) is 3.95. The topological polar surface area (TPSA) is 55.1 Å². The monoisotopic (exact) mass is 306 g/mol. The molecule has 0 aliphatic heterocycles. The van der Waals surface area contributed by atoms with Crippen molar-refractivity contribution in [1.29, 1.82) is 0 Å². The fourth-order valence-corrected chi connectivity index (χ4v) is 1.94. The minimum atomic E-state index is -4.40. The molecule has 0 fully saturated rings. The van der Waals surface area contributed by atoms with Crippen LogP contribution in [0.5, 0.6) is 0 Å². The van der Waals surface area contributed by atoms with Gasteiger partial charge in [-0.3, -0.25) is 0 Å². The second kappa shape index (κ2) is 5.18. The minimum absolute atomic E-state index is 0.0801. The van der Waals surface area contributed by atoms with Crippen molar-refractivity contribution in [3.8, 4) is 0 Å². The quantitative estimate of drug-likeness (QED) is 0.779. The summed E-state index contributed by atoms with van der Waals surface area (Å²) in [4.78, 5) is 15.9. The Labute approximate surface area is 122 Å². The number of rotatable bonds is 2. The molecule has 4 nitrogen and oxygen atoms in total. The Morgan fingerprint density at radius 3 is 2.36 bits per heavy atom. The van der Waals surface area contributed by atoms with E-state index in [0.717, 1.165) is 12.1 Å². The molecule has 0 saturated heterocycles. The van der Waals surface area contributed by atoms with Gasteiger partial charge in [0.2, 0.25) is 0 Å². The van der Waals surface area contributed by atoms with E-state index in [1.807, 2.05) is 0 Å². The molecule has 0 aliphatic carbocycles. The van der Waals surface area contributed by atoms with Crippen molar-refractivity contribution in [2.75, 3.05) is 5.32 Å². The zero-order valence-electron chi connectivity index (χ0n) is 11.0. The number of benzene rings is 2.